The summed E-state index contributed by atoms with van der Waals surface area (Å²) in [5.74, 6) is 0.950. The van der Waals surface area contributed by atoms with E-state index in [2.05, 4.69) is 23.9 Å². The van der Waals surface area contributed by atoms with Gasteiger partial charge in [-0.2, -0.15) is 0 Å². The van der Waals surface area contributed by atoms with Crippen LogP contribution in [0.4, 0.5) is 0 Å². The summed E-state index contributed by atoms with van der Waals surface area (Å²) in [7, 11) is 4.40. The maximum atomic E-state index is 6.04. The van der Waals surface area contributed by atoms with E-state index in [4.69, 9.17) is 5.73 Å². The van der Waals surface area contributed by atoms with Gasteiger partial charge in [0.2, 0.25) is 0 Å². The lowest BCUT2D eigenvalue weighted by atomic mass is 9.84. The van der Waals surface area contributed by atoms with Crippen LogP contribution in [0.1, 0.15) is 44.9 Å². The third-order valence-corrected chi connectivity index (χ3v) is 5.04. The zero-order chi connectivity index (χ0) is 13.0. The van der Waals surface area contributed by atoms with E-state index in [-0.39, 0.29) is 0 Å². The molecule has 2 atom stereocenters. The number of nitrogens with two attached hydrogens (primary N) is 1. The summed E-state index contributed by atoms with van der Waals surface area (Å²) in [6, 6.07) is 1.38. The summed E-state index contributed by atoms with van der Waals surface area (Å²) < 4.78 is 0. The van der Waals surface area contributed by atoms with Crippen molar-refractivity contribution < 1.29 is 0 Å². The molecule has 1 aliphatic heterocycles. The fraction of sp³-hybridized carbons (Fsp3) is 1.00. The Morgan fingerprint density at radius 2 is 1.89 bits per heavy atom. The van der Waals surface area contributed by atoms with Crippen LogP contribution >= 0.6 is 0 Å². The molecule has 0 bridgehead atoms. The topological polar surface area (TPSA) is 32.5 Å². The Hall–Kier alpha value is -0.120. The molecular formula is C15H31N3. The summed E-state index contributed by atoms with van der Waals surface area (Å²) >= 11 is 0. The normalized spacial score (nSPS) is 29.0. The maximum Gasteiger partial charge on any atom is 0.0229 e. The molecule has 3 heteroatoms. The molecular weight excluding hydrogens is 222 g/mol. The second-order valence-corrected chi connectivity index (χ2v) is 6.53. The number of rotatable bonds is 5. The van der Waals surface area contributed by atoms with Gasteiger partial charge in [0.1, 0.15) is 0 Å². The van der Waals surface area contributed by atoms with Crippen molar-refractivity contribution >= 4 is 0 Å². The minimum Gasteiger partial charge on any atom is -0.329 e. The van der Waals surface area contributed by atoms with Gasteiger partial charge >= 0.3 is 0 Å². The number of likely N-dealkylation sites (N-methyl/N-ethyl adjacent to an activating group) is 1. The summed E-state index contributed by atoms with van der Waals surface area (Å²) in [6.45, 7) is 3.32. The standard InChI is InChI=1S/C15H31N3/c1-17(2)14-8-9-18(12-14)15(11-16)10-13-6-4-3-5-7-13/h13-15H,3-12,16H2,1-2H3. The lowest BCUT2D eigenvalue weighted by molar-refractivity contribution is 0.177. The Morgan fingerprint density at radius 3 is 2.44 bits per heavy atom. The third-order valence-electron chi connectivity index (χ3n) is 5.04. The summed E-state index contributed by atoms with van der Waals surface area (Å²) in [5.41, 5.74) is 6.04. The molecule has 2 unspecified atom stereocenters. The van der Waals surface area contributed by atoms with Crippen molar-refractivity contribution in [1.82, 2.24) is 9.80 Å². The second-order valence-electron chi connectivity index (χ2n) is 6.53. The summed E-state index contributed by atoms with van der Waals surface area (Å²) in [5, 5.41) is 0. The SMILES string of the molecule is CN(C)C1CCN(C(CN)CC2CCCCC2)C1. The van der Waals surface area contributed by atoms with Crippen molar-refractivity contribution in [1.29, 1.82) is 0 Å². The van der Waals surface area contributed by atoms with Gasteiger partial charge in [0.15, 0.2) is 0 Å². The molecule has 1 heterocycles. The largest absolute Gasteiger partial charge is 0.329 e. The minimum atomic E-state index is 0.637. The number of likely N-dealkylation sites (tertiary alicyclic amines) is 1. The van der Waals surface area contributed by atoms with Crippen LogP contribution in [0.2, 0.25) is 0 Å². The van der Waals surface area contributed by atoms with Crippen molar-refractivity contribution in [2.75, 3.05) is 33.7 Å². The van der Waals surface area contributed by atoms with Gasteiger partial charge < -0.3 is 10.6 Å². The first-order chi connectivity index (χ1) is 8.70. The van der Waals surface area contributed by atoms with E-state index in [1.807, 2.05) is 0 Å². The first kappa shape index (κ1) is 14.3. The van der Waals surface area contributed by atoms with Crippen LogP contribution in [0, 0.1) is 5.92 Å². The number of hydrogen-bond donors (Lipinski definition) is 1. The molecule has 0 aromatic heterocycles. The average Bonchev–Trinajstić information content (AvgIpc) is 2.87. The maximum absolute atomic E-state index is 6.04. The van der Waals surface area contributed by atoms with Crippen LogP contribution in [-0.4, -0.2) is 55.6 Å². The van der Waals surface area contributed by atoms with Gasteiger partial charge in [-0.3, -0.25) is 4.90 Å². The minimum absolute atomic E-state index is 0.637. The van der Waals surface area contributed by atoms with Gasteiger partial charge in [0, 0.05) is 31.7 Å². The van der Waals surface area contributed by atoms with E-state index >= 15 is 0 Å². The molecule has 0 aromatic carbocycles. The van der Waals surface area contributed by atoms with Crippen molar-refractivity contribution in [3.63, 3.8) is 0 Å². The van der Waals surface area contributed by atoms with E-state index in [1.54, 1.807) is 0 Å². The first-order valence-electron chi connectivity index (χ1n) is 7.81. The van der Waals surface area contributed by atoms with Crippen molar-refractivity contribution in [2.45, 2.75) is 57.0 Å². The molecule has 0 radical (unpaired) electrons. The second kappa shape index (κ2) is 6.88. The van der Waals surface area contributed by atoms with Gasteiger partial charge in [0.05, 0.1) is 0 Å². The lowest BCUT2D eigenvalue weighted by Gasteiger charge is -2.32. The average molecular weight is 253 g/mol. The predicted molar refractivity (Wildman–Crippen MR) is 77.7 cm³/mol. The van der Waals surface area contributed by atoms with E-state index in [9.17, 15) is 0 Å². The van der Waals surface area contributed by atoms with Crippen LogP contribution in [0.15, 0.2) is 0 Å². The highest BCUT2D eigenvalue weighted by Gasteiger charge is 2.30. The summed E-state index contributed by atoms with van der Waals surface area (Å²) in [4.78, 5) is 5.02. The number of hydrogen-bond acceptors (Lipinski definition) is 3. The van der Waals surface area contributed by atoms with Gasteiger partial charge in [-0.05, 0) is 32.9 Å². The zero-order valence-corrected chi connectivity index (χ0v) is 12.3. The van der Waals surface area contributed by atoms with Crippen LogP contribution in [-0.2, 0) is 0 Å². The quantitative estimate of drug-likeness (QED) is 0.812. The van der Waals surface area contributed by atoms with E-state index in [1.165, 1.54) is 58.0 Å². The molecule has 2 N–H and O–H groups in total. The molecule has 0 spiro atoms. The Balaban J connectivity index is 1.81. The molecule has 2 rings (SSSR count). The fourth-order valence-corrected chi connectivity index (χ4v) is 3.72. The van der Waals surface area contributed by atoms with Crippen LogP contribution in [0.5, 0.6) is 0 Å². The molecule has 1 saturated heterocycles. The molecule has 1 saturated carbocycles. The molecule has 106 valence electrons. The van der Waals surface area contributed by atoms with Gasteiger partial charge in [-0.15, -0.1) is 0 Å². The molecule has 1 aliphatic carbocycles. The predicted octanol–water partition coefficient (Wildman–Crippen LogP) is 1.92. The van der Waals surface area contributed by atoms with Gasteiger partial charge in [0.25, 0.3) is 0 Å². The smallest absolute Gasteiger partial charge is 0.0229 e. The monoisotopic (exact) mass is 253 g/mol. The molecule has 18 heavy (non-hydrogen) atoms. The zero-order valence-electron chi connectivity index (χ0n) is 12.3. The highest BCUT2D eigenvalue weighted by Crippen LogP contribution is 2.29. The van der Waals surface area contributed by atoms with Crippen molar-refractivity contribution in [3.8, 4) is 0 Å². The molecule has 0 amide bonds. The van der Waals surface area contributed by atoms with Gasteiger partial charge in [-0.25, -0.2) is 0 Å². The molecule has 0 aromatic rings. The Labute approximate surface area is 113 Å². The van der Waals surface area contributed by atoms with Crippen molar-refractivity contribution in [2.24, 2.45) is 11.7 Å². The summed E-state index contributed by atoms with van der Waals surface area (Å²) in [6.07, 6.45) is 9.90. The number of nitrogens with zero attached hydrogens (tertiary/aromatic N) is 2. The molecule has 2 aliphatic rings. The Bertz CT molecular complexity index is 236. The Morgan fingerprint density at radius 1 is 1.17 bits per heavy atom. The van der Waals surface area contributed by atoms with E-state index in [0.717, 1.165) is 18.5 Å². The van der Waals surface area contributed by atoms with Crippen LogP contribution in [0.3, 0.4) is 0 Å². The third kappa shape index (κ3) is 3.69. The van der Waals surface area contributed by atoms with Crippen LogP contribution in [0.25, 0.3) is 0 Å². The van der Waals surface area contributed by atoms with E-state index in [0.29, 0.717) is 6.04 Å². The van der Waals surface area contributed by atoms with E-state index < -0.39 is 0 Å². The first-order valence-corrected chi connectivity index (χ1v) is 7.81. The fourth-order valence-electron chi connectivity index (χ4n) is 3.72. The lowest BCUT2D eigenvalue weighted by Crippen LogP contribution is -2.42. The van der Waals surface area contributed by atoms with Crippen LogP contribution < -0.4 is 5.73 Å². The van der Waals surface area contributed by atoms with Gasteiger partial charge in [-0.1, -0.05) is 32.1 Å². The highest BCUT2D eigenvalue weighted by atomic mass is 15.2. The Kier molecular flexibility index (Phi) is 5.46. The molecule has 2 fully saturated rings. The van der Waals surface area contributed by atoms with Crippen molar-refractivity contribution in [3.05, 3.63) is 0 Å². The molecule has 3 nitrogen and oxygen atoms in total. The highest BCUT2D eigenvalue weighted by molar-refractivity contribution is 4.87.